The maximum Gasteiger partial charge on any atom is 0.323 e. The minimum atomic E-state index is -1.46. The fraction of sp³-hybridized carbons (Fsp3) is 0.600. The number of aliphatic hydroxyl groups is 1. The van der Waals surface area contributed by atoms with Gasteiger partial charge in [0.2, 0.25) is 0 Å². The summed E-state index contributed by atoms with van der Waals surface area (Å²) in [4.78, 5) is 21.5. The third kappa shape index (κ3) is 9.81. The summed E-state index contributed by atoms with van der Waals surface area (Å²) in [5.74, 6) is -2.50. The molecule has 0 aliphatic heterocycles. The number of nitrogens with one attached hydrogen (secondary N) is 1. The molecule has 0 rings (SSSR count). The molecule has 0 aromatic rings. The van der Waals surface area contributed by atoms with E-state index in [0.717, 1.165) is 18.4 Å². The van der Waals surface area contributed by atoms with Gasteiger partial charge in [0.05, 0.1) is 12.5 Å². The van der Waals surface area contributed by atoms with Crippen LogP contribution >= 0.6 is 0 Å². The molecule has 6 heteroatoms. The summed E-state index contributed by atoms with van der Waals surface area (Å²) < 4.78 is 0. The van der Waals surface area contributed by atoms with Crippen molar-refractivity contribution < 1.29 is 24.9 Å². The van der Waals surface area contributed by atoms with Gasteiger partial charge in [-0.25, -0.2) is 0 Å². The van der Waals surface area contributed by atoms with Crippen LogP contribution in [0, 0.1) is 0 Å². The van der Waals surface area contributed by atoms with Crippen LogP contribution in [-0.4, -0.2) is 45.9 Å². The van der Waals surface area contributed by atoms with E-state index in [-0.39, 0.29) is 6.54 Å². The third-order valence-corrected chi connectivity index (χ3v) is 2.91. The quantitative estimate of drug-likeness (QED) is 0.456. The Hall–Kier alpha value is -1.66. The van der Waals surface area contributed by atoms with Crippen LogP contribution in [-0.2, 0) is 9.59 Å². The molecule has 21 heavy (non-hydrogen) atoms. The maximum absolute atomic E-state index is 11.0. The largest absolute Gasteiger partial charge is 0.481 e. The van der Waals surface area contributed by atoms with E-state index in [1.54, 1.807) is 0 Å². The maximum atomic E-state index is 11.0. The summed E-state index contributed by atoms with van der Waals surface area (Å²) in [6.45, 7) is 6.28. The first kappa shape index (κ1) is 19.3. The molecule has 0 aromatic heterocycles. The molecule has 4 N–H and O–H groups in total. The van der Waals surface area contributed by atoms with E-state index in [9.17, 15) is 14.7 Å². The molecule has 0 saturated heterocycles. The smallest absolute Gasteiger partial charge is 0.323 e. The molecule has 0 aliphatic rings. The fourth-order valence-electron chi connectivity index (χ4n) is 1.74. The second-order valence-electron chi connectivity index (χ2n) is 5.26. The molecular formula is C15H25NO5. The molecule has 0 amide bonds. The van der Waals surface area contributed by atoms with Gasteiger partial charge >= 0.3 is 11.9 Å². The Morgan fingerprint density at radius 1 is 1.14 bits per heavy atom. The molecule has 120 valence electrons. The monoisotopic (exact) mass is 299 g/mol. The molecule has 2 atom stereocenters. The van der Waals surface area contributed by atoms with Crippen molar-refractivity contribution in [2.75, 3.05) is 6.54 Å². The Labute approximate surface area is 125 Å². The van der Waals surface area contributed by atoms with Crippen LogP contribution in [0.2, 0.25) is 0 Å². The molecule has 0 heterocycles. The summed E-state index contributed by atoms with van der Waals surface area (Å²) in [6, 6.07) is -1.29. The van der Waals surface area contributed by atoms with Crippen molar-refractivity contribution in [2.45, 2.75) is 52.2 Å². The van der Waals surface area contributed by atoms with Crippen LogP contribution < -0.4 is 5.32 Å². The average molecular weight is 299 g/mol. The number of hydrogen-bond donors (Lipinski definition) is 4. The van der Waals surface area contributed by atoms with Gasteiger partial charge in [0, 0.05) is 6.54 Å². The first-order valence-electron chi connectivity index (χ1n) is 6.89. The Kier molecular flexibility index (Phi) is 9.32. The molecule has 0 fully saturated rings. The third-order valence-electron chi connectivity index (χ3n) is 2.91. The van der Waals surface area contributed by atoms with Crippen molar-refractivity contribution in [3.05, 3.63) is 23.3 Å². The van der Waals surface area contributed by atoms with E-state index in [2.05, 4.69) is 11.4 Å². The van der Waals surface area contributed by atoms with Gasteiger partial charge in [0.15, 0.2) is 0 Å². The number of allylic oxidation sites excluding steroid dienone is 3. The molecule has 0 saturated carbocycles. The number of aliphatic carboxylic acids is 2. The SMILES string of the molecule is CC(C)=CCC/C(C)=C/CN[C@H](C(=O)O)[C@H](O)CC(=O)O. The lowest BCUT2D eigenvalue weighted by molar-refractivity contribution is -0.145. The van der Waals surface area contributed by atoms with Crippen molar-refractivity contribution in [2.24, 2.45) is 0 Å². The molecule has 0 unspecified atom stereocenters. The summed E-state index contributed by atoms with van der Waals surface area (Å²) in [5.41, 5.74) is 2.36. The molecule has 0 bridgehead atoms. The predicted octanol–water partition coefficient (Wildman–Crippen LogP) is 1.56. The Morgan fingerprint density at radius 2 is 1.76 bits per heavy atom. The molecule has 6 nitrogen and oxygen atoms in total. The van der Waals surface area contributed by atoms with Crippen LogP contribution in [0.4, 0.5) is 0 Å². The summed E-state index contributed by atoms with van der Waals surface area (Å²) >= 11 is 0. The van der Waals surface area contributed by atoms with E-state index < -0.39 is 30.5 Å². The Balaban J connectivity index is 4.33. The fourth-order valence-corrected chi connectivity index (χ4v) is 1.74. The Bertz CT molecular complexity index is 410. The van der Waals surface area contributed by atoms with Gasteiger partial charge in [-0.15, -0.1) is 0 Å². The first-order chi connectivity index (χ1) is 9.73. The molecular weight excluding hydrogens is 274 g/mol. The molecule has 0 aliphatic carbocycles. The van der Waals surface area contributed by atoms with E-state index in [0.29, 0.717) is 0 Å². The number of carboxylic acids is 2. The molecule has 0 radical (unpaired) electrons. The number of hydrogen-bond acceptors (Lipinski definition) is 4. The van der Waals surface area contributed by atoms with E-state index in [1.165, 1.54) is 5.57 Å². The van der Waals surface area contributed by atoms with E-state index in [1.807, 2.05) is 26.8 Å². The lowest BCUT2D eigenvalue weighted by Gasteiger charge is -2.18. The van der Waals surface area contributed by atoms with Crippen LogP contribution in [0.25, 0.3) is 0 Å². The van der Waals surface area contributed by atoms with Crippen LogP contribution in [0.3, 0.4) is 0 Å². The lowest BCUT2D eigenvalue weighted by Crippen LogP contribution is -2.47. The summed E-state index contributed by atoms with van der Waals surface area (Å²) in [6.07, 6.45) is 3.72. The number of rotatable bonds is 10. The summed E-state index contributed by atoms with van der Waals surface area (Å²) in [7, 11) is 0. The van der Waals surface area contributed by atoms with E-state index >= 15 is 0 Å². The van der Waals surface area contributed by atoms with Gasteiger partial charge in [-0.05, 0) is 33.6 Å². The highest BCUT2D eigenvalue weighted by Gasteiger charge is 2.27. The highest BCUT2D eigenvalue weighted by Crippen LogP contribution is 2.06. The van der Waals surface area contributed by atoms with Gasteiger partial charge < -0.3 is 15.3 Å². The minimum Gasteiger partial charge on any atom is -0.481 e. The zero-order valence-corrected chi connectivity index (χ0v) is 12.8. The van der Waals surface area contributed by atoms with Crippen LogP contribution in [0.5, 0.6) is 0 Å². The Morgan fingerprint density at radius 3 is 2.24 bits per heavy atom. The van der Waals surface area contributed by atoms with Crippen LogP contribution in [0.15, 0.2) is 23.3 Å². The zero-order chi connectivity index (χ0) is 16.4. The number of carbonyl (C=O) groups is 2. The first-order valence-corrected chi connectivity index (χ1v) is 6.89. The molecule has 0 aromatic carbocycles. The van der Waals surface area contributed by atoms with Crippen molar-refractivity contribution >= 4 is 11.9 Å². The summed E-state index contributed by atoms with van der Waals surface area (Å²) in [5, 5.41) is 29.8. The van der Waals surface area contributed by atoms with Gasteiger partial charge in [-0.2, -0.15) is 0 Å². The normalized spacial score (nSPS) is 14.4. The van der Waals surface area contributed by atoms with Gasteiger partial charge in [0.1, 0.15) is 6.04 Å². The zero-order valence-electron chi connectivity index (χ0n) is 12.8. The van der Waals surface area contributed by atoms with Crippen molar-refractivity contribution in [3.8, 4) is 0 Å². The highest BCUT2D eigenvalue weighted by molar-refractivity contribution is 5.76. The average Bonchev–Trinajstić information content (AvgIpc) is 2.32. The number of carboxylic acid groups (broad SMARTS) is 2. The predicted molar refractivity (Wildman–Crippen MR) is 80.1 cm³/mol. The van der Waals surface area contributed by atoms with Gasteiger partial charge in [0.25, 0.3) is 0 Å². The van der Waals surface area contributed by atoms with Crippen molar-refractivity contribution in [1.82, 2.24) is 5.32 Å². The van der Waals surface area contributed by atoms with Crippen LogP contribution in [0.1, 0.15) is 40.0 Å². The second kappa shape index (κ2) is 10.1. The molecule has 0 spiro atoms. The van der Waals surface area contributed by atoms with Crippen molar-refractivity contribution in [3.63, 3.8) is 0 Å². The van der Waals surface area contributed by atoms with Crippen molar-refractivity contribution in [1.29, 1.82) is 0 Å². The minimum absolute atomic E-state index is 0.272. The number of aliphatic hydroxyl groups excluding tert-OH is 1. The van der Waals surface area contributed by atoms with Gasteiger partial charge in [-0.1, -0.05) is 23.3 Å². The van der Waals surface area contributed by atoms with Gasteiger partial charge in [-0.3, -0.25) is 14.9 Å². The standard InChI is InChI=1S/C15H25NO5/c1-10(2)5-4-6-11(3)7-8-16-14(15(20)21)12(17)9-13(18)19/h5,7,12,14,16-17H,4,6,8-9H2,1-3H3,(H,18,19)(H,20,21)/b11-7+/t12-,14+/m1/s1. The lowest BCUT2D eigenvalue weighted by atomic mass is 10.1. The second-order valence-corrected chi connectivity index (χ2v) is 5.26. The highest BCUT2D eigenvalue weighted by atomic mass is 16.4. The topological polar surface area (TPSA) is 107 Å². The van der Waals surface area contributed by atoms with E-state index in [4.69, 9.17) is 10.2 Å².